The quantitative estimate of drug-likeness (QED) is 0.436. The summed E-state index contributed by atoms with van der Waals surface area (Å²) in [7, 11) is 0. The van der Waals surface area contributed by atoms with Crippen molar-refractivity contribution in [2.45, 2.75) is 6.92 Å². The van der Waals surface area contributed by atoms with E-state index in [-0.39, 0.29) is 5.91 Å². The summed E-state index contributed by atoms with van der Waals surface area (Å²) >= 11 is 6.50. The molecule has 0 radical (unpaired) electrons. The van der Waals surface area contributed by atoms with E-state index in [1.165, 1.54) is 6.92 Å². The number of anilines is 2. The average Bonchev–Trinajstić information content (AvgIpc) is 2.09. The summed E-state index contributed by atoms with van der Waals surface area (Å²) in [6, 6.07) is 1.95. The second kappa shape index (κ2) is 5.14. The van der Waals surface area contributed by atoms with Crippen molar-refractivity contribution in [3.8, 4) is 0 Å². The Bertz CT molecular complexity index is 393. The molecule has 6 heteroatoms. The van der Waals surface area contributed by atoms with E-state index in [1.807, 2.05) is 6.07 Å². The summed E-state index contributed by atoms with van der Waals surface area (Å²) < 4.78 is 2.90. The molecule has 76 valence electrons. The van der Waals surface area contributed by atoms with Gasteiger partial charge >= 0.3 is 0 Å². The number of benzene rings is 1. The van der Waals surface area contributed by atoms with Gasteiger partial charge in [-0.05, 0) is 73.8 Å². The van der Waals surface area contributed by atoms with Crippen LogP contribution in [-0.4, -0.2) is 5.91 Å². The van der Waals surface area contributed by atoms with Gasteiger partial charge in [0.2, 0.25) is 5.91 Å². The molecule has 0 saturated carbocycles. The Labute approximate surface area is 123 Å². The van der Waals surface area contributed by atoms with Crippen molar-refractivity contribution < 1.29 is 4.79 Å². The number of halogens is 3. The SMILES string of the molecule is CC(=O)Nc1c(I)cc(I)c(N)c1I. The van der Waals surface area contributed by atoms with Crippen molar-refractivity contribution in [3.63, 3.8) is 0 Å². The smallest absolute Gasteiger partial charge is 0.221 e. The van der Waals surface area contributed by atoms with E-state index >= 15 is 0 Å². The van der Waals surface area contributed by atoms with Crippen LogP contribution in [0.2, 0.25) is 0 Å². The first-order chi connectivity index (χ1) is 6.43. The zero-order chi connectivity index (χ0) is 10.9. The molecule has 0 saturated heterocycles. The highest BCUT2D eigenvalue weighted by atomic mass is 127. The number of amides is 1. The van der Waals surface area contributed by atoms with Gasteiger partial charge in [-0.3, -0.25) is 4.79 Å². The largest absolute Gasteiger partial charge is 0.397 e. The number of hydrogen-bond acceptors (Lipinski definition) is 2. The predicted octanol–water partition coefficient (Wildman–Crippen LogP) is 3.04. The normalized spacial score (nSPS) is 10.0. The molecule has 0 atom stereocenters. The maximum absolute atomic E-state index is 11.0. The maximum atomic E-state index is 11.0. The van der Waals surface area contributed by atoms with Gasteiger partial charge in [0.1, 0.15) is 0 Å². The number of nitrogen functional groups attached to an aromatic ring is 1. The highest BCUT2D eigenvalue weighted by molar-refractivity contribution is 14.1. The standard InChI is InChI=1S/C8H7I3N2O/c1-3(14)13-8-5(10)2-4(9)7(12)6(8)11/h2H,12H2,1H3,(H,13,14). The lowest BCUT2D eigenvalue weighted by atomic mass is 10.3. The Kier molecular flexibility index (Phi) is 4.68. The Morgan fingerprint density at radius 2 is 1.93 bits per heavy atom. The van der Waals surface area contributed by atoms with Crippen molar-refractivity contribution in [1.82, 2.24) is 0 Å². The van der Waals surface area contributed by atoms with Crippen LogP contribution in [0.15, 0.2) is 6.07 Å². The molecule has 0 bridgehead atoms. The molecule has 1 aromatic carbocycles. The molecule has 1 aromatic rings. The first-order valence-electron chi connectivity index (χ1n) is 3.64. The first kappa shape index (κ1) is 12.7. The van der Waals surface area contributed by atoms with E-state index < -0.39 is 0 Å². The van der Waals surface area contributed by atoms with Gasteiger partial charge < -0.3 is 11.1 Å². The Morgan fingerprint density at radius 1 is 1.36 bits per heavy atom. The molecule has 1 amide bonds. The monoisotopic (exact) mass is 528 g/mol. The maximum Gasteiger partial charge on any atom is 0.221 e. The lowest BCUT2D eigenvalue weighted by molar-refractivity contribution is -0.114. The highest BCUT2D eigenvalue weighted by Crippen LogP contribution is 2.33. The number of carbonyl (C=O) groups excluding carboxylic acids is 1. The number of nitrogens with two attached hydrogens (primary N) is 1. The fourth-order valence-corrected chi connectivity index (χ4v) is 4.54. The molecule has 0 heterocycles. The van der Waals surface area contributed by atoms with Crippen LogP contribution < -0.4 is 11.1 Å². The van der Waals surface area contributed by atoms with Gasteiger partial charge in [-0.2, -0.15) is 0 Å². The third-order valence-electron chi connectivity index (χ3n) is 1.51. The second-order valence-electron chi connectivity index (χ2n) is 2.62. The molecule has 14 heavy (non-hydrogen) atoms. The number of nitrogens with one attached hydrogen (secondary N) is 1. The molecule has 3 nitrogen and oxygen atoms in total. The third-order valence-corrected chi connectivity index (χ3v) is 4.37. The van der Waals surface area contributed by atoms with Crippen LogP contribution in [0.25, 0.3) is 0 Å². The zero-order valence-corrected chi connectivity index (χ0v) is 13.7. The highest BCUT2D eigenvalue weighted by Gasteiger charge is 2.12. The van der Waals surface area contributed by atoms with E-state index in [9.17, 15) is 4.79 Å². The van der Waals surface area contributed by atoms with Gasteiger partial charge in [0, 0.05) is 14.1 Å². The fraction of sp³-hybridized carbons (Fsp3) is 0.125. The van der Waals surface area contributed by atoms with Crippen molar-refractivity contribution >= 4 is 85.1 Å². The first-order valence-corrected chi connectivity index (χ1v) is 6.87. The minimum atomic E-state index is -0.0820. The molecule has 0 aliphatic carbocycles. The summed E-state index contributed by atoms with van der Waals surface area (Å²) in [5, 5.41) is 2.77. The summed E-state index contributed by atoms with van der Waals surface area (Å²) in [5.41, 5.74) is 7.38. The molecule has 0 spiro atoms. The summed E-state index contributed by atoms with van der Waals surface area (Å²) in [4.78, 5) is 11.0. The van der Waals surface area contributed by atoms with Crippen molar-refractivity contribution in [2.24, 2.45) is 0 Å². The van der Waals surface area contributed by atoms with Crippen LogP contribution in [0.1, 0.15) is 6.92 Å². The minimum absolute atomic E-state index is 0.0820. The predicted molar refractivity (Wildman–Crippen MR) is 83.3 cm³/mol. The van der Waals surface area contributed by atoms with Crippen LogP contribution >= 0.6 is 67.8 Å². The average molecular weight is 528 g/mol. The molecular formula is C8H7I3N2O. The minimum Gasteiger partial charge on any atom is -0.397 e. The number of rotatable bonds is 1. The molecule has 0 aliphatic heterocycles. The van der Waals surface area contributed by atoms with Crippen molar-refractivity contribution in [3.05, 3.63) is 16.8 Å². The Balaban J connectivity index is 3.29. The Morgan fingerprint density at radius 3 is 2.43 bits per heavy atom. The van der Waals surface area contributed by atoms with Crippen molar-refractivity contribution in [1.29, 1.82) is 0 Å². The van der Waals surface area contributed by atoms with Crippen molar-refractivity contribution in [2.75, 3.05) is 11.1 Å². The lowest BCUT2D eigenvalue weighted by Crippen LogP contribution is -2.10. The fourth-order valence-electron chi connectivity index (χ4n) is 0.896. The van der Waals surface area contributed by atoms with Gasteiger partial charge in [-0.1, -0.05) is 0 Å². The van der Waals surface area contributed by atoms with Crippen LogP contribution in [0, 0.1) is 10.7 Å². The topological polar surface area (TPSA) is 55.1 Å². The summed E-state index contributed by atoms with van der Waals surface area (Å²) in [6.45, 7) is 1.49. The molecule has 0 fully saturated rings. The van der Waals surface area contributed by atoms with Crippen LogP contribution in [0.5, 0.6) is 0 Å². The van der Waals surface area contributed by atoms with Gasteiger partial charge in [-0.25, -0.2) is 0 Å². The van der Waals surface area contributed by atoms with Crippen LogP contribution in [0.4, 0.5) is 11.4 Å². The van der Waals surface area contributed by atoms with Gasteiger partial charge in [0.05, 0.1) is 14.9 Å². The Hall–Kier alpha value is 0.680. The van der Waals surface area contributed by atoms with Gasteiger partial charge in [0.25, 0.3) is 0 Å². The van der Waals surface area contributed by atoms with E-state index in [4.69, 9.17) is 5.73 Å². The molecule has 0 unspecified atom stereocenters. The van der Waals surface area contributed by atoms with Crippen LogP contribution in [0.3, 0.4) is 0 Å². The van der Waals surface area contributed by atoms with E-state index in [1.54, 1.807) is 0 Å². The number of carbonyl (C=O) groups is 1. The molecule has 0 aromatic heterocycles. The zero-order valence-electron chi connectivity index (χ0n) is 7.20. The van der Waals surface area contributed by atoms with Gasteiger partial charge in [-0.15, -0.1) is 0 Å². The lowest BCUT2D eigenvalue weighted by Gasteiger charge is -2.11. The third kappa shape index (κ3) is 2.84. The molecule has 1 rings (SSSR count). The van der Waals surface area contributed by atoms with Gasteiger partial charge in [0.15, 0.2) is 0 Å². The summed E-state index contributed by atoms with van der Waals surface area (Å²) in [5.74, 6) is -0.0820. The van der Waals surface area contributed by atoms with E-state index in [0.29, 0.717) is 0 Å². The summed E-state index contributed by atoms with van der Waals surface area (Å²) in [6.07, 6.45) is 0. The molecular weight excluding hydrogens is 521 g/mol. The molecule has 3 N–H and O–H groups in total. The second-order valence-corrected chi connectivity index (χ2v) is 6.03. The molecule has 0 aliphatic rings. The van der Waals surface area contributed by atoms with E-state index in [2.05, 4.69) is 73.1 Å². The van der Waals surface area contributed by atoms with E-state index in [0.717, 1.165) is 22.1 Å². The number of hydrogen-bond donors (Lipinski definition) is 2. The van der Waals surface area contributed by atoms with Crippen LogP contribution in [-0.2, 0) is 4.79 Å².